The second-order valence-corrected chi connectivity index (χ2v) is 10.3. The second kappa shape index (κ2) is 10.9. The number of amides is 1. The molecule has 0 radical (unpaired) electrons. The van der Waals surface area contributed by atoms with Gasteiger partial charge in [-0.1, -0.05) is 18.6 Å². The van der Waals surface area contributed by atoms with Crippen molar-refractivity contribution in [3.8, 4) is 22.0 Å². The van der Waals surface area contributed by atoms with Crippen molar-refractivity contribution in [3.05, 3.63) is 58.4 Å². The van der Waals surface area contributed by atoms with Crippen molar-refractivity contribution >= 4 is 17.2 Å². The van der Waals surface area contributed by atoms with E-state index in [1.54, 1.807) is 11.3 Å². The van der Waals surface area contributed by atoms with E-state index in [1.807, 2.05) is 25.3 Å². The van der Waals surface area contributed by atoms with E-state index < -0.39 is 0 Å². The number of thiazole rings is 1. The van der Waals surface area contributed by atoms with Crippen LogP contribution in [0.15, 0.2) is 41.4 Å². The molecule has 6 nitrogen and oxygen atoms in total. The molecule has 1 aliphatic carbocycles. The van der Waals surface area contributed by atoms with Crippen molar-refractivity contribution in [2.24, 2.45) is 0 Å². The smallest absolute Gasteiger partial charge is 0.253 e. The lowest BCUT2D eigenvalue weighted by Gasteiger charge is -2.18. The van der Waals surface area contributed by atoms with E-state index in [4.69, 9.17) is 9.72 Å². The second-order valence-electron chi connectivity index (χ2n) is 9.41. The number of pyridine rings is 1. The van der Waals surface area contributed by atoms with Crippen molar-refractivity contribution < 1.29 is 9.53 Å². The number of aromatic nitrogens is 3. The summed E-state index contributed by atoms with van der Waals surface area (Å²) in [6.45, 7) is 5.55. The van der Waals surface area contributed by atoms with Crippen LogP contribution in [0.4, 0.5) is 0 Å². The van der Waals surface area contributed by atoms with Crippen molar-refractivity contribution in [2.45, 2.75) is 71.4 Å². The summed E-state index contributed by atoms with van der Waals surface area (Å²) < 4.78 is 8.22. The van der Waals surface area contributed by atoms with Crippen LogP contribution in [0.1, 0.15) is 79.8 Å². The highest BCUT2D eigenvalue weighted by atomic mass is 32.1. The fraction of sp³-hybridized carbons (Fsp3) is 0.464. The van der Waals surface area contributed by atoms with Crippen LogP contribution in [-0.2, 0) is 11.2 Å². The minimum atomic E-state index is -0.0586. The van der Waals surface area contributed by atoms with Crippen molar-refractivity contribution in [3.63, 3.8) is 0 Å². The minimum absolute atomic E-state index is 0.0194. The molecule has 3 aromatic heterocycles. The largest absolute Gasteiger partial charge is 0.358 e. The van der Waals surface area contributed by atoms with Crippen LogP contribution in [-0.4, -0.2) is 33.6 Å². The number of hydrogen-bond donors (Lipinski definition) is 1. The molecule has 3 aromatic rings. The number of allylic oxidation sites excluding steroid dienone is 1. The maximum Gasteiger partial charge on any atom is 0.253 e. The molecule has 2 aliphatic rings. The number of carbonyl (C=O) groups is 1. The van der Waals surface area contributed by atoms with E-state index in [0.29, 0.717) is 12.1 Å². The van der Waals surface area contributed by atoms with Gasteiger partial charge >= 0.3 is 0 Å². The van der Waals surface area contributed by atoms with Crippen molar-refractivity contribution in [2.75, 3.05) is 13.2 Å². The van der Waals surface area contributed by atoms with Gasteiger partial charge in [-0.15, -0.1) is 11.3 Å². The molecule has 0 aromatic carbocycles. The Kier molecular flexibility index (Phi) is 7.44. The Hall–Kier alpha value is -2.77. The average Bonchev–Trinajstić information content (AvgIpc) is 3.65. The Labute approximate surface area is 211 Å². The maximum atomic E-state index is 13.2. The molecule has 1 saturated heterocycles. The fourth-order valence-electron chi connectivity index (χ4n) is 5.08. The molecule has 0 spiro atoms. The van der Waals surface area contributed by atoms with Gasteiger partial charge in [0.1, 0.15) is 11.2 Å². The van der Waals surface area contributed by atoms with Crippen LogP contribution in [0.25, 0.3) is 22.0 Å². The Bertz CT molecular complexity index is 1220. The average molecular weight is 491 g/mol. The molecule has 1 fully saturated rings. The molecule has 1 N–H and O–H groups in total. The predicted octanol–water partition coefficient (Wildman–Crippen LogP) is 6.47. The number of carbonyl (C=O) groups excluding carboxylic acids is 1. The van der Waals surface area contributed by atoms with Crippen LogP contribution < -0.4 is 5.32 Å². The van der Waals surface area contributed by atoms with E-state index in [2.05, 4.69) is 39.3 Å². The maximum absolute atomic E-state index is 13.2. The first-order valence-electron chi connectivity index (χ1n) is 12.8. The normalized spacial score (nSPS) is 18.0. The lowest BCUT2D eigenvalue weighted by molar-refractivity contribution is 0.0565. The minimum Gasteiger partial charge on any atom is -0.358 e. The molecule has 0 saturated carbocycles. The third kappa shape index (κ3) is 5.26. The SMILES string of the molecule is CCc1cc(-c2nc(-c3cc(C(=O)NCCC4=CCCCC4)c(C)n3C3CCCO3)cs2)ccn1. The summed E-state index contributed by atoms with van der Waals surface area (Å²) >= 11 is 1.62. The quantitative estimate of drug-likeness (QED) is 0.367. The third-order valence-corrected chi connectivity index (χ3v) is 7.93. The molecular formula is C28H34N4O2S. The summed E-state index contributed by atoms with van der Waals surface area (Å²) in [7, 11) is 0. The summed E-state index contributed by atoms with van der Waals surface area (Å²) in [5.74, 6) is -0.0194. The van der Waals surface area contributed by atoms with E-state index >= 15 is 0 Å². The highest BCUT2D eigenvalue weighted by molar-refractivity contribution is 7.13. The zero-order chi connectivity index (χ0) is 24.2. The Morgan fingerprint density at radius 2 is 2.20 bits per heavy atom. The Morgan fingerprint density at radius 1 is 1.29 bits per heavy atom. The van der Waals surface area contributed by atoms with Gasteiger partial charge in [-0.3, -0.25) is 9.78 Å². The predicted molar refractivity (Wildman–Crippen MR) is 141 cm³/mol. The summed E-state index contributed by atoms with van der Waals surface area (Å²) in [6, 6.07) is 6.11. The first kappa shape index (κ1) is 23.9. The highest BCUT2D eigenvalue weighted by Gasteiger charge is 2.27. The van der Waals surface area contributed by atoms with Gasteiger partial charge in [0.2, 0.25) is 0 Å². The number of ether oxygens (including phenoxy) is 1. The van der Waals surface area contributed by atoms with Crippen molar-refractivity contribution in [1.29, 1.82) is 0 Å². The number of rotatable bonds is 8. The molecule has 1 unspecified atom stereocenters. The Morgan fingerprint density at radius 3 is 2.97 bits per heavy atom. The molecule has 7 heteroatoms. The van der Waals surface area contributed by atoms with E-state index in [1.165, 1.54) is 24.8 Å². The molecule has 4 heterocycles. The lowest BCUT2D eigenvalue weighted by Crippen LogP contribution is -2.25. The van der Waals surface area contributed by atoms with Gasteiger partial charge in [0, 0.05) is 41.7 Å². The van der Waals surface area contributed by atoms with Gasteiger partial charge in [-0.2, -0.15) is 0 Å². The number of nitrogens with one attached hydrogen (secondary N) is 1. The van der Waals surface area contributed by atoms with Gasteiger partial charge in [-0.25, -0.2) is 4.98 Å². The lowest BCUT2D eigenvalue weighted by atomic mass is 9.97. The van der Waals surface area contributed by atoms with Crippen LogP contribution in [0.5, 0.6) is 0 Å². The van der Waals surface area contributed by atoms with Gasteiger partial charge in [0.15, 0.2) is 0 Å². The van der Waals surface area contributed by atoms with Gasteiger partial charge < -0.3 is 14.6 Å². The van der Waals surface area contributed by atoms with Gasteiger partial charge in [-0.05, 0) is 76.5 Å². The molecule has 1 amide bonds. The van der Waals surface area contributed by atoms with E-state index in [-0.39, 0.29) is 12.1 Å². The monoisotopic (exact) mass is 490 g/mol. The summed E-state index contributed by atoms with van der Waals surface area (Å²) in [4.78, 5) is 22.6. The first-order chi connectivity index (χ1) is 17.1. The van der Waals surface area contributed by atoms with Crippen LogP contribution in [0.3, 0.4) is 0 Å². The number of aryl methyl sites for hydroxylation is 1. The fourth-order valence-corrected chi connectivity index (χ4v) is 5.89. The molecular weight excluding hydrogens is 456 g/mol. The topological polar surface area (TPSA) is 69.0 Å². The highest BCUT2D eigenvalue weighted by Crippen LogP contribution is 2.36. The summed E-state index contributed by atoms with van der Waals surface area (Å²) in [6.07, 6.45) is 12.8. The van der Waals surface area contributed by atoms with Gasteiger partial charge in [0.05, 0.1) is 17.0 Å². The van der Waals surface area contributed by atoms with E-state index in [0.717, 1.165) is 72.1 Å². The zero-order valence-corrected chi connectivity index (χ0v) is 21.5. The molecule has 35 heavy (non-hydrogen) atoms. The number of hydrogen-bond acceptors (Lipinski definition) is 5. The van der Waals surface area contributed by atoms with Crippen LogP contribution in [0, 0.1) is 6.92 Å². The first-order valence-corrected chi connectivity index (χ1v) is 13.7. The number of nitrogens with zero attached hydrogens (tertiary/aromatic N) is 3. The van der Waals surface area contributed by atoms with E-state index in [9.17, 15) is 4.79 Å². The molecule has 1 aliphatic heterocycles. The molecule has 184 valence electrons. The Balaban J connectivity index is 1.41. The third-order valence-electron chi connectivity index (χ3n) is 7.04. The van der Waals surface area contributed by atoms with Gasteiger partial charge in [0.25, 0.3) is 5.91 Å². The molecule has 0 bridgehead atoms. The zero-order valence-electron chi connectivity index (χ0n) is 20.7. The van der Waals surface area contributed by atoms with Crippen LogP contribution >= 0.6 is 11.3 Å². The summed E-state index contributed by atoms with van der Waals surface area (Å²) in [5, 5.41) is 6.20. The summed E-state index contributed by atoms with van der Waals surface area (Å²) in [5.41, 5.74) is 7.08. The molecule has 5 rings (SSSR count). The molecule has 1 atom stereocenters. The standard InChI is InChI=1S/C28H34N4O2S/c1-3-22-16-21(12-14-29-22)28-31-24(18-35-28)25-17-23(19(2)32(25)26-10-7-15-34-26)27(33)30-13-11-20-8-5-4-6-9-20/h8,12,14,16-18,26H,3-7,9-11,13,15H2,1-2H3,(H,30,33). The van der Waals surface area contributed by atoms with Crippen LogP contribution in [0.2, 0.25) is 0 Å². The van der Waals surface area contributed by atoms with Crippen molar-refractivity contribution in [1.82, 2.24) is 19.9 Å².